The van der Waals surface area contributed by atoms with Gasteiger partial charge in [0.25, 0.3) is 5.91 Å². The van der Waals surface area contributed by atoms with Crippen LogP contribution in [0.15, 0.2) is 18.2 Å². The van der Waals surface area contributed by atoms with Gasteiger partial charge in [0, 0.05) is 17.0 Å². The number of aliphatic carboxylic acids is 1. The molecule has 114 valence electrons. The first-order valence-corrected chi connectivity index (χ1v) is 6.60. The van der Waals surface area contributed by atoms with Gasteiger partial charge in [0.2, 0.25) is 0 Å². The summed E-state index contributed by atoms with van der Waals surface area (Å²) < 4.78 is 4.44. The minimum atomic E-state index is -1.22. The predicted molar refractivity (Wildman–Crippen MR) is 76.3 cm³/mol. The molecule has 0 aliphatic rings. The molecule has 2 N–H and O–H groups in total. The van der Waals surface area contributed by atoms with E-state index in [1.54, 1.807) is 25.1 Å². The number of amides is 1. The Labute approximate surface area is 127 Å². The summed E-state index contributed by atoms with van der Waals surface area (Å²) in [6.07, 6.45) is -0.143. The first-order chi connectivity index (χ1) is 9.86. The van der Waals surface area contributed by atoms with Gasteiger partial charge >= 0.3 is 11.9 Å². The van der Waals surface area contributed by atoms with Crippen molar-refractivity contribution in [1.29, 1.82) is 0 Å². The zero-order chi connectivity index (χ0) is 16.0. The zero-order valence-corrected chi connectivity index (χ0v) is 12.4. The fourth-order valence-electron chi connectivity index (χ4n) is 1.71. The highest BCUT2D eigenvalue weighted by Crippen LogP contribution is 2.18. The molecule has 0 saturated carbocycles. The third-order valence-corrected chi connectivity index (χ3v) is 3.39. The lowest BCUT2D eigenvalue weighted by Gasteiger charge is -2.15. The van der Waals surface area contributed by atoms with Crippen LogP contribution in [0.5, 0.6) is 0 Å². The van der Waals surface area contributed by atoms with E-state index in [0.717, 1.165) is 0 Å². The summed E-state index contributed by atoms with van der Waals surface area (Å²) in [5, 5.41) is 11.9. The van der Waals surface area contributed by atoms with Gasteiger partial charge in [-0.25, -0.2) is 4.79 Å². The Morgan fingerprint density at radius 2 is 2.05 bits per heavy atom. The quantitative estimate of drug-likeness (QED) is 0.781. The third kappa shape index (κ3) is 4.75. The second kappa shape index (κ2) is 7.64. The summed E-state index contributed by atoms with van der Waals surface area (Å²) in [6, 6.07) is 3.62. The molecule has 0 spiro atoms. The van der Waals surface area contributed by atoms with Crippen LogP contribution in [0.3, 0.4) is 0 Å². The standard InChI is InChI=1S/C14H16ClNO5/c1-8-9(4-3-5-10(8)15)13(18)16-11(14(19)20)6-7-12(17)21-2/h3-5,11H,6-7H2,1-2H3,(H,16,18)(H,19,20). The SMILES string of the molecule is COC(=O)CCC(NC(=O)c1cccc(Cl)c1C)C(=O)O. The van der Waals surface area contributed by atoms with Crippen molar-refractivity contribution in [3.8, 4) is 0 Å². The highest BCUT2D eigenvalue weighted by Gasteiger charge is 2.22. The number of ether oxygens (including phenoxy) is 1. The van der Waals surface area contributed by atoms with Crippen molar-refractivity contribution in [3.63, 3.8) is 0 Å². The van der Waals surface area contributed by atoms with E-state index in [2.05, 4.69) is 10.1 Å². The molecule has 6 nitrogen and oxygen atoms in total. The Kier molecular flexibility index (Phi) is 6.17. The molecule has 21 heavy (non-hydrogen) atoms. The molecule has 1 rings (SSSR count). The van der Waals surface area contributed by atoms with Crippen molar-refractivity contribution in [2.45, 2.75) is 25.8 Å². The van der Waals surface area contributed by atoms with Crippen molar-refractivity contribution in [2.24, 2.45) is 0 Å². The number of halogens is 1. The van der Waals surface area contributed by atoms with Crippen LogP contribution < -0.4 is 5.32 Å². The molecule has 0 heterocycles. The predicted octanol–water partition coefficient (Wildman–Crippen LogP) is 1.78. The summed E-state index contributed by atoms with van der Waals surface area (Å²) in [5.41, 5.74) is 0.862. The van der Waals surface area contributed by atoms with Crippen LogP contribution in [0.2, 0.25) is 5.02 Å². The molecule has 0 bridgehead atoms. The van der Waals surface area contributed by atoms with E-state index >= 15 is 0 Å². The minimum absolute atomic E-state index is 0.0483. The molecular formula is C14H16ClNO5. The monoisotopic (exact) mass is 313 g/mol. The second-order valence-corrected chi connectivity index (χ2v) is 4.80. The van der Waals surface area contributed by atoms with E-state index in [9.17, 15) is 14.4 Å². The Balaban J connectivity index is 2.79. The van der Waals surface area contributed by atoms with Gasteiger partial charge in [0.15, 0.2) is 0 Å². The molecule has 0 saturated heterocycles. The van der Waals surface area contributed by atoms with Gasteiger partial charge in [-0.3, -0.25) is 9.59 Å². The number of nitrogens with one attached hydrogen (secondary N) is 1. The average Bonchev–Trinajstić information content (AvgIpc) is 2.45. The normalized spacial score (nSPS) is 11.6. The van der Waals surface area contributed by atoms with Crippen molar-refractivity contribution in [3.05, 3.63) is 34.3 Å². The number of carbonyl (C=O) groups excluding carboxylic acids is 2. The average molecular weight is 314 g/mol. The molecule has 1 unspecified atom stereocenters. The Hall–Kier alpha value is -2.08. The summed E-state index contributed by atoms with van der Waals surface area (Å²) in [4.78, 5) is 34.3. The fraction of sp³-hybridized carbons (Fsp3) is 0.357. The number of carboxylic acid groups (broad SMARTS) is 1. The highest BCUT2D eigenvalue weighted by atomic mass is 35.5. The summed E-state index contributed by atoms with van der Waals surface area (Å²) in [6.45, 7) is 1.67. The number of rotatable bonds is 6. The van der Waals surface area contributed by atoms with Crippen LogP contribution in [0.4, 0.5) is 0 Å². The zero-order valence-electron chi connectivity index (χ0n) is 11.7. The largest absolute Gasteiger partial charge is 0.480 e. The van der Waals surface area contributed by atoms with Crippen molar-refractivity contribution in [1.82, 2.24) is 5.32 Å². The van der Waals surface area contributed by atoms with E-state index in [0.29, 0.717) is 16.1 Å². The van der Waals surface area contributed by atoms with Crippen LogP contribution in [-0.4, -0.2) is 36.1 Å². The second-order valence-electron chi connectivity index (χ2n) is 4.39. The first kappa shape index (κ1) is 17.0. The molecule has 0 aromatic heterocycles. The van der Waals surface area contributed by atoms with Crippen LogP contribution in [-0.2, 0) is 14.3 Å². The fourth-order valence-corrected chi connectivity index (χ4v) is 1.89. The van der Waals surface area contributed by atoms with Gasteiger partial charge < -0.3 is 15.2 Å². The number of benzene rings is 1. The van der Waals surface area contributed by atoms with Gasteiger partial charge in [0.05, 0.1) is 7.11 Å². The molecule has 7 heteroatoms. The number of carboxylic acids is 1. The minimum Gasteiger partial charge on any atom is -0.480 e. The topological polar surface area (TPSA) is 92.7 Å². The van der Waals surface area contributed by atoms with Crippen LogP contribution in [0, 0.1) is 6.92 Å². The Morgan fingerprint density at radius 3 is 2.62 bits per heavy atom. The lowest BCUT2D eigenvalue weighted by Crippen LogP contribution is -2.41. The smallest absolute Gasteiger partial charge is 0.326 e. The lowest BCUT2D eigenvalue weighted by atomic mass is 10.1. The van der Waals surface area contributed by atoms with Crippen molar-refractivity contribution >= 4 is 29.4 Å². The van der Waals surface area contributed by atoms with Gasteiger partial charge in [-0.05, 0) is 31.0 Å². The Morgan fingerprint density at radius 1 is 1.38 bits per heavy atom. The summed E-state index contributed by atoms with van der Waals surface area (Å²) in [5.74, 6) is -2.30. The number of carbonyl (C=O) groups is 3. The van der Waals surface area contributed by atoms with Crippen LogP contribution in [0.1, 0.15) is 28.8 Å². The molecule has 0 aliphatic heterocycles. The lowest BCUT2D eigenvalue weighted by molar-refractivity contribution is -0.142. The summed E-state index contributed by atoms with van der Waals surface area (Å²) in [7, 11) is 1.21. The van der Waals surface area contributed by atoms with E-state index < -0.39 is 23.9 Å². The first-order valence-electron chi connectivity index (χ1n) is 6.22. The van der Waals surface area contributed by atoms with Gasteiger partial charge in [-0.1, -0.05) is 17.7 Å². The summed E-state index contributed by atoms with van der Waals surface area (Å²) >= 11 is 5.92. The van der Waals surface area contributed by atoms with Crippen molar-refractivity contribution < 1.29 is 24.2 Å². The van der Waals surface area contributed by atoms with Gasteiger partial charge in [0.1, 0.15) is 6.04 Å². The van der Waals surface area contributed by atoms with Crippen molar-refractivity contribution in [2.75, 3.05) is 7.11 Å². The number of hydrogen-bond donors (Lipinski definition) is 2. The van der Waals surface area contributed by atoms with E-state index in [-0.39, 0.29) is 12.8 Å². The van der Waals surface area contributed by atoms with Crippen LogP contribution in [0.25, 0.3) is 0 Å². The van der Waals surface area contributed by atoms with Gasteiger partial charge in [-0.2, -0.15) is 0 Å². The highest BCUT2D eigenvalue weighted by molar-refractivity contribution is 6.31. The molecule has 1 aromatic rings. The Bertz CT molecular complexity index is 558. The number of esters is 1. The number of hydrogen-bond acceptors (Lipinski definition) is 4. The molecule has 0 radical (unpaired) electrons. The molecule has 0 aliphatic carbocycles. The maximum absolute atomic E-state index is 12.1. The molecule has 1 atom stereocenters. The third-order valence-electron chi connectivity index (χ3n) is 2.98. The number of methoxy groups -OCH3 is 1. The molecule has 0 fully saturated rings. The molecule has 1 amide bonds. The molecule has 1 aromatic carbocycles. The maximum atomic E-state index is 12.1. The van der Waals surface area contributed by atoms with E-state index in [4.69, 9.17) is 16.7 Å². The van der Waals surface area contributed by atoms with Crippen LogP contribution >= 0.6 is 11.6 Å². The van der Waals surface area contributed by atoms with E-state index in [1.807, 2.05) is 0 Å². The molecular weight excluding hydrogens is 298 g/mol. The van der Waals surface area contributed by atoms with Gasteiger partial charge in [-0.15, -0.1) is 0 Å². The maximum Gasteiger partial charge on any atom is 0.326 e. The van der Waals surface area contributed by atoms with E-state index in [1.165, 1.54) is 7.11 Å².